The molecule has 0 aromatic heterocycles. The molecule has 0 radical (unpaired) electrons. The molecule has 0 unspecified atom stereocenters. The number of carbonyl (C=O) groups excluding carboxylic acids is 1. The average Bonchev–Trinajstić information content (AvgIpc) is 2.85. The SMILES string of the molecule is CCCCc1cc(OCc2ccccc2)ccc1CCNCCNC(=O)Nc1ccccc1. The van der Waals surface area contributed by atoms with E-state index in [4.69, 9.17) is 4.74 Å². The van der Waals surface area contributed by atoms with E-state index in [-0.39, 0.29) is 6.03 Å². The molecule has 5 heteroatoms. The van der Waals surface area contributed by atoms with Crippen molar-refractivity contribution < 1.29 is 9.53 Å². The summed E-state index contributed by atoms with van der Waals surface area (Å²) in [6, 6.07) is 26.0. The number of nitrogens with one attached hydrogen (secondary N) is 3. The second-order valence-corrected chi connectivity index (χ2v) is 8.06. The Labute approximate surface area is 197 Å². The lowest BCUT2D eigenvalue weighted by Crippen LogP contribution is -2.35. The van der Waals surface area contributed by atoms with E-state index < -0.39 is 0 Å². The molecule has 5 nitrogen and oxygen atoms in total. The van der Waals surface area contributed by atoms with Gasteiger partial charge < -0.3 is 20.7 Å². The monoisotopic (exact) mass is 445 g/mol. The zero-order valence-corrected chi connectivity index (χ0v) is 19.5. The maximum absolute atomic E-state index is 11.9. The van der Waals surface area contributed by atoms with E-state index in [1.165, 1.54) is 29.5 Å². The van der Waals surface area contributed by atoms with Crippen LogP contribution in [0.3, 0.4) is 0 Å². The molecule has 0 aliphatic heterocycles. The summed E-state index contributed by atoms with van der Waals surface area (Å²) in [5.74, 6) is 0.926. The first kappa shape index (κ1) is 24.3. The normalized spacial score (nSPS) is 10.6. The molecule has 0 fully saturated rings. The van der Waals surface area contributed by atoms with Crippen LogP contribution in [0.5, 0.6) is 5.75 Å². The lowest BCUT2D eigenvalue weighted by Gasteiger charge is -2.14. The van der Waals surface area contributed by atoms with Crippen molar-refractivity contribution in [3.05, 3.63) is 95.6 Å². The first-order valence-corrected chi connectivity index (χ1v) is 11.8. The predicted molar refractivity (Wildman–Crippen MR) is 136 cm³/mol. The second-order valence-electron chi connectivity index (χ2n) is 8.06. The molecule has 0 saturated heterocycles. The molecular formula is C28H35N3O2. The molecule has 0 aliphatic rings. The van der Waals surface area contributed by atoms with Gasteiger partial charge in [-0.15, -0.1) is 0 Å². The Morgan fingerprint density at radius 1 is 0.818 bits per heavy atom. The smallest absolute Gasteiger partial charge is 0.319 e. The fraction of sp³-hybridized carbons (Fsp3) is 0.321. The topological polar surface area (TPSA) is 62.4 Å². The molecule has 3 rings (SSSR count). The van der Waals surface area contributed by atoms with E-state index in [0.717, 1.165) is 37.4 Å². The van der Waals surface area contributed by atoms with E-state index in [1.807, 2.05) is 48.5 Å². The van der Waals surface area contributed by atoms with Gasteiger partial charge in [0.15, 0.2) is 0 Å². The maximum atomic E-state index is 11.9. The van der Waals surface area contributed by atoms with E-state index in [1.54, 1.807) is 0 Å². The highest BCUT2D eigenvalue weighted by Gasteiger charge is 2.06. The van der Waals surface area contributed by atoms with Crippen LogP contribution in [0.25, 0.3) is 0 Å². The van der Waals surface area contributed by atoms with Gasteiger partial charge in [-0.25, -0.2) is 4.79 Å². The number of urea groups is 1. The summed E-state index contributed by atoms with van der Waals surface area (Å²) < 4.78 is 6.03. The molecule has 174 valence electrons. The van der Waals surface area contributed by atoms with Gasteiger partial charge in [-0.1, -0.05) is 67.9 Å². The van der Waals surface area contributed by atoms with Crippen molar-refractivity contribution in [1.82, 2.24) is 10.6 Å². The molecular weight excluding hydrogens is 410 g/mol. The van der Waals surface area contributed by atoms with E-state index in [0.29, 0.717) is 13.2 Å². The van der Waals surface area contributed by atoms with Gasteiger partial charge in [0.1, 0.15) is 12.4 Å². The Kier molecular flexibility index (Phi) is 10.3. The van der Waals surface area contributed by atoms with Gasteiger partial charge in [0.25, 0.3) is 0 Å². The largest absolute Gasteiger partial charge is 0.489 e. The van der Waals surface area contributed by atoms with Crippen LogP contribution in [0.2, 0.25) is 0 Å². The van der Waals surface area contributed by atoms with Crippen molar-refractivity contribution in [3.8, 4) is 5.75 Å². The highest BCUT2D eigenvalue weighted by molar-refractivity contribution is 5.89. The minimum Gasteiger partial charge on any atom is -0.489 e. The molecule has 33 heavy (non-hydrogen) atoms. The van der Waals surface area contributed by atoms with Gasteiger partial charge in [-0.05, 0) is 66.8 Å². The Hall–Kier alpha value is -3.31. The van der Waals surface area contributed by atoms with E-state index >= 15 is 0 Å². The van der Waals surface area contributed by atoms with Gasteiger partial charge in [0, 0.05) is 18.8 Å². The van der Waals surface area contributed by atoms with Crippen LogP contribution in [0.1, 0.15) is 36.5 Å². The van der Waals surface area contributed by atoms with Gasteiger partial charge in [0.05, 0.1) is 0 Å². The molecule has 3 aromatic carbocycles. The van der Waals surface area contributed by atoms with Crippen molar-refractivity contribution in [3.63, 3.8) is 0 Å². The number of ether oxygens (including phenoxy) is 1. The number of rotatable bonds is 13. The summed E-state index contributed by atoms with van der Waals surface area (Å²) in [4.78, 5) is 11.9. The van der Waals surface area contributed by atoms with E-state index in [2.05, 4.69) is 53.2 Å². The first-order valence-electron chi connectivity index (χ1n) is 11.8. The number of hydrogen-bond acceptors (Lipinski definition) is 3. The van der Waals surface area contributed by atoms with Crippen LogP contribution in [0.4, 0.5) is 10.5 Å². The summed E-state index contributed by atoms with van der Waals surface area (Å²) in [5.41, 5.74) is 4.69. The van der Waals surface area contributed by atoms with Crippen LogP contribution in [0.15, 0.2) is 78.9 Å². The summed E-state index contributed by atoms with van der Waals surface area (Å²) in [7, 11) is 0. The van der Waals surface area contributed by atoms with Crippen LogP contribution < -0.4 is 20.7 Å². The molecule has 0 bridgehead atoms. The highest BCUT2D eigenvalue weighted by Crippen LogP contribution is 2.21. The number of anilines is 1. The predicted octanol–water partition coefficient (Wildman–Crippen LogP) is 5.56. The van der Waals surface area contributed by atoms with Gasteiger partial charge in [-0.3, -0.25) is 0 Å². The molecule has 2 amide bonds. The third-order valence-electron chi connectivity index (χ3n) is 5.42. The first-order chi connectivity index (χ1) is 16.2. The number of para-hydroxylation sites is 1. The number of carbonyl (C=O) groups is 1. The fourth-order valence-corrected chi connectivity index (χ4v) is 3.59. The van der Waals surface area contributed by atoms with Gasteiger partial charge in [0.2, 0.25) is 0 Å². The number of amides is 2. The summed E-state index contributed by atoms with van der Waals surface area (Å²) in [6.45, 7) is 4.97. The van der Waals surface area contributed by atoms with Gasteiger partial charge >= 0.3 is 6.03 Å². The molecule has 3 aromatic rings. The maximum Gasteiger partial charge on any atom is 0.319 e. The molecule has 0 spiro atoms. The average molecular weight is 446 g/mol. The Bertz CT molecular complexity index is 961. The van der Waals surface area contributed by atoms with Crippen molar-refractivity contribution in [2.75, 3.05) is 25.0 Å². The molecule has 0 heterocycles. The fourth-order valence-electron chi connectivity index (χ4n) is 3.59. The molecule has 3 N–H and O–H groups in total. The Morgan fingerprint density at radius 3 is 2.33 bits per heavy atom. The van der Waals surface area contributed by atoms with Gasteiger partial charge in [-0.2, -0.15) is 0 Å². The third-order valence-corrected chi connectivity index (χ3v) is 5.42. The zero-order valence-electron chi connectivity index (χ0n) is 19.5. The van der Waals surface area contributed by atoms with Crippen molar-refractivity contribution in [1.29, 1.82) is 0 Å². The van der Waals surface area contributed by atoms with Crippen molar-refractivity contribution in [2.45, 2.75) is 39.2 Å². The number of unbranched alkanes of at least 4 members (excludes halogenated alkanes) is 1. The van der Waals surface area contributed by atoms with Crippen LogP contribution >= 0.6 is 0 Å². The summed E-state index contributed by atoms with van der Waals surface area (Å²) >= 11 is 0. The lowest BCUT2D eigenvalue weighted by atomic mass is 9.99. The molecule has 0 saturated carbocycles. The number of aryl methyl sites for hydroxylation is 1. The lowest BCUT2D eigenvalue weighted by molar-refractivity contribution is 0.252. The molecule has 0 atom stereocenters. The Balaban J connectivity index is 1.40. The second kappa shape index (κ2) is 14.0. The standard InChI is InChI=1S/C28H35N3O2/c1-2-3-12-25-21-27(33-22-23-10-6-4-7-11-23)16-15-24(25)17-18-29-19-20-30-28(32)31-26-13-8-5-9-14-26/h4-11,13-16,21,29H,2-3,12,17-20,22H2,1H3,(H2,30,31,32). The quantitative estimate of drug-likeness (QED) is 0.302. The van der Waals surface area contributed by atoms with Crippen LogP contribution in [-0.4, -0.2) is 25.7 Å². The summed E-state index contributed by atoms with van der Waals surface area (Å²) in [5, 5.41) is 9.12. The highest BCUT2D eigenvalue weighted by atomic mass is 16.5. The van der Waals surface area contributed by atoms with Crippen molar-refractivity contribution >= 4 is 11.7 Å². The minimum atomic E-state index is -0.184. The Morgan fingerprint density at radius 2 is 1.58 bits per heavy atom. The minimum absolute atomic E-state index is 0.184. The number of hydrogen-bond donors (Lipinski definition) is 3. The third kappa shape index (κ3) is 8.99. The molecule has 0 aliphatic carbocycles. The van der Waals surface area contributed by atoms with E-state index in [9.17, 15) is 4.79 Å². The van der Waals surface area contributed by atoms with Crippen LogP contribution in [0, 0.1) is 0 Å². The van der Waals surface area contributed by atoms with Crippen molar-refractivity contribution in [2.24, 2.45) is 0 Å². The summed E-state index contributed by atoms with van der Waals surface area (Å²) in [6.07, 6.45) is 4.36. The number of benzene rings is 3. The zero-order chi connectivity index (χ0) is 23.1. The van der Waals surface area contributed by atoms with Crippen LogP contribution in [-0.2, 0) is 19.4 Å².